The summed E-state index contributed by atoms with van der Waals surface area (Å²) in [5.41, 5.74) is 0.440. The molecule has 2 rings (SSSR count). The van der Waals surface area contributed by atoms with Gasteiger partial charge in [-0.15, -0.1) is 0 Å². The van der Waals surface area contributed by atoms with Crippen molar-refractivity contribution < 1.29 is 9.53 Å². The molecular weight excluding hydrogens is 262 g/mol. The highest BCUT2D eigenvalue weighted by molar-refractivity contribution is 5.83. The van der Waals surface area contributed by atoms with E-state index in [1.807, 2.05) is 51.1 Å². The van der Waals surface area contributed by atoms with Gasteiger partial charge in [-0.3, -0.25) is 0 Å². The van der Waals surface area contributed by atoms with Gasteiger partial charge in [0.05, 0.1) is 6.54 Å². The smallest absolute Gasteiger partial charge is 0.408 e. The number of nitrogens with one attached hydrogen (secondary N) is 1. The van der Waals surface area contributed by atoms with Gasteiger partial charge >= 0.3 is 6.09 Å². The van der Waals surface area contributed by atoms with Crippen LogP contribution in [0.3, 0.4) is 0 Å². The number of amides is 1. The van der Waals surface area contributed by atoms with E-state index >= 15 is 0 Å². The SMILES string of the molecule is CC(C)(C)OC(=O)NCC#Cc1ccc2ccccc2c1. The van der Waals surface area contributed by atoms with E-state index in [4.69, 9.17) is 4.74 Å². The van der Waals surface area contributed by atoms with Crippen molar-refractivity contribution in [3.63, 3.8) is 0 Å². The Balaban J connectivity index is 1.94. The maximum absolute atomic E-state index is 11.4. The minimum atomic E-state index is -0.490. The molecule has 21 heavy (non-hydrogen) atoms. The van der Waals surface area contributed by atoms with Crippen molar-refractivity contribution in [2.75, 3.05) is 6.54 Å². The number of rotatable bonds is 1. The Kier molecular flexibility index (Phi) is 4.49. The summed E-state index contributed by atoms with van der Waals surface area (Å²) >= 11 is 0. The van der Waals surface area contributed by atoms with Crippen molar-refractivity contribution in [3.05, 3.63) is 48.0 Å². The topological polar surface area (TPSA) is 38.3 Å². The fourth-order valence-corrected chi connectivity index (χ4v) is 1.84. The molecule has 0 atom stereocenters. The van der Waals surface area contributed by atoms with Crippen LogP contribution in [-0.4, -0.2) is 18.2 Å². The molecule has 0 heterocycles. The molecule has 2 aromatic rings. The van der Waals surface area contributed by atoms with Gasteiger partial charge in [0, 0.05) is 5.56 Å². The number of alkyl carbamates (subject to hydrolysis) is 1. The molecule has 0 bridgehead atoms. The zero-order chi connectivity index (χ0) is 15.3. The first-order valence-electron chi connectivity index (χ1n) is 6.88. The Morgan fingerprint density at radius 3 is 2.57 bits per heavy atom. The zero-order valence-electron chi connectivity index (χ0n) is 12.6. The van der Waals surface area contributed by atoms with Gasteiger partial charge in [-0.25, -0.2) is 4.79 Å². The fourth-order valence-electron chi connectivity index (χ4n) is 1.84. The molecule has 3 nitrogen and oxygen atoms in total. The number of hydrogen-bond acceptors (Lipinski definition) is 2. The van der Waals surface area contributed by atoms with Gasteiger partial charge in [0.25, 0.3) is 0 Å². The van der Waals surface area contributed by atoms with Gasteiger partial charge < -0.3 is 10.1 Å². The molecule has 0 saturated heterocycles. The summed E-state index contributed by atoms with van der Waals surface area (Å²) in [6.07, 6.45) is -0.449. The largest absolute Gasteiger partial charge is 0.444 e. The van der Waals surface area contributed by atoms with E-state index in [0.29, 0.717) is 0 Å². The van der Waals surface area contributed by atoms with Crippen molar-refractivity contribution in [2.45, 2.75) is 26.4 Å². The first kappa shape index (κ1) is 14.9. The first-order valence-corrected chi connectivity index (χ1v) is 6.88. The van der Waals surface area contributed by atoms with Crippen LogP contribution in [0.2, 0.25) is 0 Å². The molecule has 0 saturated carbocycles. The van der Waals surface area contributed by atoms with Crippen molar-refractivity contribution in [3.8, 4) is 11.8 Å². The summed E-state index contributed by atoms with van der Waals surface area (Å²) in [7, 11) is 0. The van der Waals surface area contributed by atoms with Crippen LogP contribution in [0.5, 0.6) is 0 Å². The average molecular weight is 281 g/mol. The van der Waals surface area contributed by atoms with Gasteiger partial charge in [-0.2, -0.15) is 0 Å². The number of carbonyl (C=O) groups excluding carboxylic acids is 1. The predicted octanol–water partition coefficient (Wildman–Crippen LogP) is 3.72. The monoisotopic (exact) mass is 281 g/mol. The molecule has 2 aromatic carbocycles. The maximum Gasteiger partial charge on any atom is 0.408 e. The minimum Gasteiger partial charge on any atom is -0.444 e. The Morgan fingerprint density at radius 1 is 1.14 bits per heavy atom. The van der Waals surface area contributed by atoms with Crippen LogP contribution in [0.4, 0.5) is 4.79 Å². The van der Waals surface area contributed by atoms with E-state index in [1.54, 1.807) is 0 Å². The quantitative estimate of drug-likeness (QED) is 0.809. The summed E-state index contributed by atoms with van der Waals surface area (Å²) in [4.78, 5) is 11.4. The van der Waals surface area contributed by atoms with Crippen molar-refractivity contribution >= 4 is 16.9 Å². The fraction of sp³-hybridized carbons (Fsp3) is 0.278. The molecule has 0 fully saturated rings. The van der Waals surface area contributed by atoms with Crippen molar-refractivity contribution in [2.24, 2.45) is 0 Å². The summed E-state index contributed by atoms with van der Waals surface area (Å²) in [6, 6.07) is 14.2. The third kappa shape index (κ3) is 4.85. The van der Waals surface area contributed by atoms with E-state index in [-0.39, 0.29) is 6.54 Å². The van der Waals surface area contributed by atoms with E-state index in [9.17, 15) is 4.79 Å². The zero-order valence-corrected chi connectivity index (χ0v) is 12.6. The summed E-state index contributed by atoms with van der Waals surface area (Å²) in [6.45, 7) is 5.75. The molecule has 0 unspecified atom stereocenters. The molecular formula is C18H19NO2. The number of fused-ring (bicyclic) bond motifs is 1. The van der Waals surface area contributed by atoms with Gasteiger partial charge in [0.1, 0.15) is 5.60 Å². The highest BCUT2D eigenvalue weighted by atomic mass is 16.6. The van der Waals surface area contributed by atoms with Crippen LogP contribution in [0.15, 0.2) is 42.5 Å². The second-order valence-electron chi connectivity index (χ2n) is 5.72. The Labute approximate surface area is 125 Å². The first-order chi connectivity index (χ1) is 9.94. The van der Waals surface area contributed by atoms with Crippen molar-refractivity contribution in [1.29, 1.82) is 0 Å². The molecule has 0 aliphatic carbocycles. The van der Waals surface area contributed by atoms with Crippen LogP contribution in [0.1, 0.15) is 26.3 Å². The Bertz CT molecular complexity index is 702. The Morgan fingerprint density at radius 2 is 1.86 bits per heavy atom. The standard InChI is InChI=1S/C18H19NO2/c1-18(2,3)21-17(20)19-12-6-7-14-10-11-15-8-4-5-9-16(15)13-14/h4-5,8-11,13H,12H2,1-3H3,(H,19,20). The van der Waals surface area contributed by atoms with E-state index in [0.717, 1.165) is 10.9 Å². The lowest BCUT2D eigenvalue weighted by Crippen LogP contribution is -2.32. The van der Waals surface area contributed by atoms with E-state index in [1.165, 1.54) is 5.39 Å². The van der Waals surface area contributed by atoms with Gasteiger partial charge in [0.15, 0.2) is 0 Å². The predicted molar refractivity (Wildman–Crippen MR) is 85.1 cm³/mol. The number of benzene rings is 2. The normalized spacial score (nSPS) is 10.6. The number of hydrogen-bond donors (Lipinski definition) is 1. The van der Waals surface area contributed by atoms with Crippen LogP contribution >= 0.6 is 0 Å². The summed E-state index contributed by atoms with van der Waals surface area (Å²) < 4.78 is 5.13. The van der Waals surface area contributed by atoms with Gasteiger partial charge in [0.2, 0.25) is 0 Å². The second kappa shape index (κ2) is 6.32. The van der Waals surface area contributed by atoms with Crippen molar-refractivity contribution in [1.82, 2.24) is 5.32 Å². The molecule has 0 aliphatic heterocycles. The van der Waals surface area contributed by atoms with Crippen LogP contribution < -0.4 is 5.32 Å². The third-order valence-electron chi connectivity index (χ3n) is 2.70. The molecule has 3 heteroatoms. The van der Waals surface area contributed by atoms with Crippen LogP contribution in [0, 0.1) is 11.8 Å². The molecule has 0 aliphatic rings. The lowest BCUT2D eigenvalue weighted by Gasteiger charge is -2.18. The molecule has 0 radical (unpaired) electrons. The molecule has 1 N–H and O–H groups in total. The summed E-state index contributed by atoms with van der Waals surface area (Å²) in [5, 5.41) is 4.96. The van der Waals surface area contributed by atoms with Crippen LogP contribution in [0.25, 0.3) is 10.8 Å². The highest BCUT2D eigenvalue weighted by Crippen LogP contribution is 2.14. The Hall–Kier alpha value is -2.47. The summed E-state index contributed by atoms with van der Waals surface area (Å²) in [5.74, 6) is 5.96. The third-order valence-corrected chi connectivity index (χ3v) is 2.70. The average Bonchev–Trinajstić information content (AvgIpc) is 2.41. The van der Waals surface area contributed by atoms with E-state index < -0.39 is 11.7 Å². The van der Waals surface area contributed by atoms with E-state index in [2.05, 4.69) is 29.3 Å². The minimum absolute atomic E-state index is 0.266. The lowest BCUT2D eigenvalue weighted by molar-refractivity contribution is 0.0535. The van der Waals surface area contributed by atoms with Gasteiger partial charge in [-0.05, 0) is 43.7 Å². The molecule has 108 valence electrons. The van der Waals surface area contributed by atoms with Gasteiger partial charge in [-0.1, -0.05) is 42.2 Å². The molecule has 0 spiro atoms. The molecule has 1 amide bonds. The number of ether oxygens (including phenoxy) is 1. The highest BCUT2D eigenvalue weighted by Gasteiger charge is 2.14. The lowest BCUT2D eigenvalue weighted by atomic mass is 10.1. The second-order valence-corrected chi connectivity index (χ2v) is 5.72. The van der Waals surface area contributed by atoms with Crippen LogP contribution in [-0.2, 0) is 4.74 Å². The number of carbonyl (C=O) groups is 1. The maximum atomic E-state index is 11.4. The molecule has 0 aromatic heterocycles.